The maximum Gasteiger partial charge on any atom is 0.124 e. The van der Waals surface area contributed by atoms with Crippen LogP contribution in [0.2, 0.25) is 0 Å². The molecule has 2 rings (SSSR count). The highest BCUT2D eigenvalue weighted by Crippen LogP contribution is 2.26. The molecule has 13 heavy (non-hydrogen) atoms. The Morgan fingerprint density at radius 3 is 2.92 bits per heavy atom. The van der Waals surface area contributed by atoms with E-state index in [4.69, 9.17) is 0 Å². The van der Waals surface area contributed by atoms with Crippen LogP contribution in [0.25, 0.3) is 0 Å². The first kappa shape index (κ1) is 9.41. The summed E-state index contributed by atoms with van der Waals surface area (Å²) in [5, 5.41) is 6.53. The Balaban J connectivity index is 1.76. The summed E-state index contributed by atoms with van der Waals surface area (Å²) in [6.45, 7) is 2.39. The molecule has 1 aliphatic carbocycles. The second kappa shape index (κ2) is 3.93. The van der Waals surface area contributed by atoms with Gasteiger partial charge in [-0.05, 0) is 45.2 Å². The molecule has 1 saturated carbocycles. The van der Waals surface area contributed by atoms with Gasteiger partial charge in [0.2, 0.25) is 0 Å². The van der Waals surface area contributed by atoms with Crippen molar-refractivity contribution in [2.45, 2.75) is 43.8 Å². The van der Waals surface area contributed by atoms with Gasteiger partial charge in [-0.3, -0.25) is 0 Å². The maximum absolute atomic E-state index is 14.1. The van der Waals surface area contributed by atoms with Crippen LogP contribution in [0, 0.1) is 0 Å². The first-order chi connectivity index (χ1) is 6.29. The molecule has 0 amide bonds. The summed E-state index contributed by atoms with van der Waals surface area (Å²) in [7, 11) is 0. The molecule has 3 heteroatoms. The molecule has 2 aliphatic rings. The SMILES string of the molecule is FC1(CNC2CC2)CCCNCC1. The van der Waals surface area contributed by atoms with Crippen LogP contribution in [0.5, 0.6) is 0 Å². The van der Waals surface area contributed by atoms with Gasteiger partial charge in [-0.15, -0.1) is 0 Å². The van der Waals surface area contributed by atoms with Crippen molar-refractivity contribution in [2.24, 2.45) is 0 Å². The lowest BCUT2D eigenvalue weighted by Gasteiger charge is -2.23. The standard InChI is InChI=1S/C10H19FN2/c11-10(8-13-9-2-3-9)4-1-6-12-7-5-10/h9,12-13H,1-8H2. The zero-order valence-electron chi connectivity index (χ0n) is 8.11. The van der Waals surface area contributed by atoms with Crippen molar-refractivity contribution in [3.8, 4) is 0 Å². The zero-order chi connectivity index (χ0) is 9.15. The van der Waals surface area contributed by atoms with E-state index in [0.717, 1.165) is 25.9 Å². The molecule has 0 spiro atoms. The summed E-state index contributed by atoms with van der Waals surface area (Å²) >= 11 is 0. The Kier molecular flexibility index (Phi) is 2.84. The molecule has 0 bridgehead atoms. The first-order valence-corrected chi connectivity index (χ1v) is 5.42. The fraction of sp³-hybridized carbons (Fsp3) is 1.00. The van der Waals surface area contributed by atoms with Crippen LogP contribution < -0.4 is 10.6 Å². The average molecular weight is 186 g/mol. The van der Waals surface area contributed by atoms with Gasteiger partial charge >= 0.3 is 0 Å². The van der Waals surface area contributed by atoms with Crippen LogP contribution in [0.4, 0.5) is 4.39 Å². The summed E-state index contributed by atoms with van der Waals surface area (Å²) in [5.74, 6) is 0. The van der Waals surface area contributed by atoms with E-state index in [1.165, 1.54) is 12.8 Å². The average Bonchev–Trinajstić information content (AvgIpc) is 2.89. The first-order valence-electron chi connectivity index (χ1n) is 5.42. The summed E-state index contributed by atoms with van der Waals surface area (Å²) < 4.78 is 14.1. The Bertz CT molecular complexity index is 160. The van der Waals surface area contributed by atoms with E-state index in [1.54, 1.807) is 0 Å². The Labute approximate surface area is 79.3 Å². The van der Waals surface area contributed by atoms with Gasteiger partial charge in [-0.1, -0.05) is 0 Å². The number of nitrogens with one attached hydrogen (secondary N) is 2. The smallest absolute Gasteiger partial charge is 0.124 e. The monoisotopic (exact) mass is 186 g/mol. The molecule has 1 aliphatic heterocycles. The van der Waals surface area contributed by atoms with E-state index >= 15 is 0 Å². The minimum absolute atomic E-state index is 0.569. The molecule has 1 heterocycles. The lowest BCUT2D eigenvalue weighted by atomic mass is 9.97. The van der Waals surface area contributed by atoms with Crippen molar-refractivity contribution in [3.63, 3.8) is 0 Å². The third kappa shape index (κ3) is 2.92. The largest absolute Gasteiger partial charge is 0.317 e. The quantitative estimate of drug-likeness (QED) is 0.692. The van der Waals surface area contributed by atoms with E-state index in [-0.39, 0.29) is 0 Å². The van der Waals surface area contributed by atoms with Crippen molar-refractivity contribution in [1.29, 1.82) is 0 Å². The van der Waals surface area contributed by atoms with E-state index in [0.29, 0.717) is 19.0 Å². The molecule has 1 atom stereocenters. The molecule has 0 aromatic carbocycles. The third-order valence-electron chi connectivity index (χ3n) is 3.01. The highest BCUT2D eigenvalue weighted by Gasteiger charge is 2.32. The van der Waals surface area contributed by atoms with Gasteiger partial charge < -0.3 is 10.6 Å². The van der Waals surface area contributed by atoms with Crippen LogP contribution in [0.3, 0.4) is 0 Å². The van der Waals surface area contributed by atoms with Gasteiger partial charge in [0.1, 0.15) is 5.67 Å². The van der Waals surface area contributed by atoms with Gasteiger partial charge in [0.05, 0.1) is 0 Å². The molecule has 2 fully saturated rings. The number of hydrogen-bond donors (Lipinski definition) is 2. The molecular formula is C10H19FN2. The van der Waals surface area contributed by atoms with Crippen LogP contribution in [0.15, 0.2) is 0 Å². The molecule has 76 valence electrons. The molecule has 0 radical (unpaired) electrons. The van der Waals surface area contributed by atoms with Crippen LogP contribution >= 0.6 is 0 Å². The summed E-state index contributed by atoms with van der Waals surface area (Å²) in [5.41, 5.74) is -0.938. The molecular weight excluding hydrogens is 167 g/mol. The van der Waals surface area contributed by atoms with Crippen molar-refractivity contribution in [3.05, 3.63) is 0 Å². The van der Waals surface area contributed by atoms with Crippen molar-refractivity contribution in [2.75, 3.05) is 19.6 Å². The number of halogens is 1. The zero-order valence-corrected chi connectivity index (χ0v) is 8.11. The predicted octanol–water partition coefficient (Wildman–Crippen LogP) is 1.22. The molecule has 2 N–H and O–H groups in total. The second-order valence-electron chi connectivity index (χ2n) is 4.41. The minimum Gasteiger partial charge on any atom is -0.317 e. The van der Waals surface area contributed by atoms with Crippen LogP contribution in [0.1, 0.15) is 32.1 Å². The number of rotatable bonds is 3. The topological polar surface area (TPSA) is 24.1 Å². The van der Waals surface area contributed by atoms with Crippen molar-refractivity contribution >= 4 is 0 Å². The number of hydrogen-bond acceptors (Lipinski definition) is 2. The molecule has 0 aromatic rings. The van der Waals surface area contributed by atoms with Gasteiger partial charge in [-0.25, -0.2) is 4.39 Å². The summed E-state index contributed by atoms with van der Waals surface area (Å²) in [4.78, 5) is 0. The van der Waals surface area contributed by atoms with Crippen molar-refractivity contribution < 1.29 is 4.39 Å². The van der Waals surface area contributed by atoms with Crippen molar-refractivity contribution in [1.82, 2.24) is 10.6 Å². The number of alkyl halides is 1. The third-order valence-corrected chi connectivity index (χ3v) is 3.01. The highest BCUT2D eigenvalue weighted by molar-refractivity contribution is 4.89. The normalized spacial score (nSPS) is 35.8. The van der Waals surface area contributed by atoms with E-state index in [9.17, 15) is 4.39 Å². The molecule has 1 unspecified atom stereocenters. The van der Waals surface area contributed by atoms with E-state index < -0.39 is 5.67 Å². The lowest BCUT2D eigenvalue weighted by molar-refractivity contribution is 0.140. The van der Waals surface area contributed by atoms with E-state index in [1.807, 2.05) is 0 Å². The Morgan fingerprint density at radius 2 is 2.15 bits per heavy atom. The minimum atomic E-state index is -0.938. The summed E-state index contributed by atoms with van der Waals surface area (Å²) in [6.07, 6.45) is 4.86. The fourth-order valence-corrected chi connectivity index (χ4v) is 1.88. The Hall–Kier alpha value is -0.150. The van der Waals surface area contributed by atoms with Gasteiger partial charge in [-0.2, -0.15) is 0 Å². The second-order valence-corrected chi connectivity index (χ2v) is 4.41. The van der Waals surface area contributed by atoms with Crippen LogP contribution in [-0.4, -0.2) is 31.3 Å². The fourth-order valence-electron chi connectivity index (χ4n) is 1.88. The summed E-state index contributed by atoms with van der Waals surface area (Å²) in [6, 6.07) is 0.629. The highest BCUT2D eigenvalue weighted by atomic mass is 19.1. The van der Waals surface area contributed by atoms with Crippen LogP contribution in [-0.2, 0) is 0 Å². The predicted molar refractivity (Wildman–Crippen MR) is 51.6 cm³/mol. The van der Waals surface area contributed by atoms with Gasteiger partial charge in [0.15, 0.2) is 0 Å². The molecule has 1 saturated heterocycles. The lowest BCUT2D eigenvalue weighted by Crippen LogP contribution is -2.38. The molecule has 0 aromatic heterocycles. The van der Waals surface area contributed by atoms with Gasteiger partial charge in [0, 0.05) is 12.6 Å². The Morgan fingerprint density at radius 1 is 1.31 bits per heavy atom. The van der Waals surface area contributed by atoms with Gasteiger partial charge in [0.25, 0.3) is 0 Å². The maximum atomic E-state index is 14.1. The molecule has 2 nitrogen and oxygen atoms in total. The van der Waals surface area contributed by atoms with E-state index in [2.05, 4.69) is 10.6 Å².